The largest absolute Gasteiger partial charge is 0.277 e. The molecule has 0 N–H and O–H groups in total. The van der Waals surface area contributed by atoms with E-state index in [-0.39, 0.29) is 20.9 Å². The van der Waals surface area contributed by atoms with Crippen LogP contribution in [-0.4, -0.2) is 32.2 Å². The molecule has 0 fully saturated rings. The Morgan fingerprint density at radius 2 is 1.55 bits per heavy atom. The minimum atomic E-state index is -3.86. The molecule has 0 spiro atoms. The molecule has 1 aliphatic heterocycles. The first-order valence-corrected chi connectivity index (χ1v) is 8.09. The third-order valence-electron chi connectivity index (χ3n) is 3.70. The van der Waals surface area contributed by atoms with E-state index in [2.05, 4.69) is 0 Å². The Kier molecular flexibility index (Phi) is 3.14. The number of aryl methyl sites for hydroxylation is 1. The van der Waals surface area contributed by atoms with E-state index in [1.807, 2.05) is 6.92 Å². The summed E-state index contributed by atoms with van der Waals surface area (Å²) in [5.41, 5.74) is 1.01. The van der Waals surface area contributed by atoms with Crippen LogP contribution < -0.4 is 0 Å². The van der Waals surface area contributed by atoms with E-state index in [4.69, 9.17) is 0 Å². The zero-order valence-electron chi connectivity index (χ0n) is 12.0. The average Bonchev–Trinajstić information content (AvgIpc) is 2.72. The number of hydrogen-bond donors (Lipinski definition) is 0. The normalized spacial score (nSPS) is 14.4. The Hall–Kier alpha value is -2.47. The van der Waals surface area contributed by atoms with Gasteiger partial charge < -0.3 is 0 Å². The van der Waals surface area contributed by atoms with Crippen LogP contribution in [0.5, 0.6) is 0 Å². The lowest BCUT2D eigenvalue weighted by Crippen LogP contribution is -2.24. The molecule has 0 bridgehead atoms. The van der Waals surface area contributed by atoms with Crippen molar-refractivity contribution in [3.8, 4) is 0 Å². The van der Waals surface area contributed by atoms with Crippen LogP contribution in [0.4, 0.5) is 0 Å². The SMILES string of the molecule is Cc1ccc(S(=O)(=O)c2cccc3c2C(=O)N(C)C3=O)cc1. The Morgan fingerprint density at radius 1 is 0.909 bits per heavy atom. The van der Waals surface area contributed by atoms with Crippen LogP contribution >= 0.6 is 0 Å². The molecular weight excluding hydrogens is 302 g/mol. The summed E-state index contributed by atoms with van der Waals surface area (Å²) >= 11 is 0. The number of hydrogen-bond acceptors (Lipinski definition) is 4. The summed E-state index contributed by atoms with van der Waals surface area (Å²) in [5, 5.41) is 0. The quantitative estimate of drug-likeness (QED) is 0.795. The summed E-state index contributed by atoms with van der Waals surface area (Å²) in [6.45, 7) is 1.85. The van der Waals surface area contributed by atoms with E-state index < -0.39 is 21.7 Å². The van der Waals surface area contributed by atoms with Gasteiger partial charge in [0.05, 0.1) is 20.9 Å². The van der Waals surface area contributed by atoms with E-state index in [0.717, 1.165) is 10.5 Å². The van der Waals surface area contributed by atoms with Crippen molar-refractivity contribution in [3.63, 3.8) is 0 Å². The molecule has 0 radical (unpaired) electrons. The number of carbonyl (C=O) groups is 2. The Morgan fingerprint density at radius 3 is 2.18 bits per heavy atom. The fourth-order valence-corrected chi connectivity index (χ4v) is 3.91. The van der Waals surface area contributed by atoms with Gasteiger partial charge in [0, 0.05) is 7.05 Å². The smallest absolute Gasteiger partial charge is 0.262 e. The molecule has 0 atom stereocenters. The van der Waals surface area contributed by atoms with Gasteiger partial charge in [0.2, 0.25) is 9.84 Å². The number of fused-ring (bicyclic) bond motifs is 1. The highest BCUT2D eigenvalue weighted by atomic mass is 32.2. The summed E-state index contributed by atoms with van der Waals surface area (Å²) in [7, 11) is -2.52. The third kappa shape index (κ3) is 1.95. The number of sulfone groups is 1. The number of nitrogens with zero attached hydrogens (tertiary/aromatic N) is 1. The Bertz CT molecular complexity index is 898. The van der Waals surface area contributed by atoms with Gasteiger partial charge in [-0.2, -0.15) is 0 Å². The second-order valence-electron chi connectivity index (χ2n) is 5.16. The first-order chi connectivity index (χ1) is 10.3. The summed E-state index contributed by atoms with van der Waals surface area (Å²) in [5.74, 6) is -1.08. The zero-order chi connectivity index (χ0) is 16.1. The van der Waals surface area contributed by atoms with Crippen molar-refractivity contribution < 1.29 is 18.0 Å². The molecule has 0 saturated carbocycles. The van der Waals surface area contributed by atoms with Gasteiger partial charge in [-0.05, 0) is 31.2 Å². The lowest BCUT2D eigenvalue weighted by molar-refractivity contribution is 0.0692. The molecule has 6 heteroatoms. The molecule has 5 nitrogen and oxygen atoms in total. The second-order valence-corrected chi connectivity index (χ2v) is 7.08. The fourth-order valence-electron chi connectivity index (χ4n) is 2.44. The number of benzene rings is 2. The van der Waals surface area contributed by atoms with E-state index in [9.17, 15) is 18.0 Å². The molecule has 112 valence electrons. The standard InChI is InChI=1S/C16H13NO4S/c1-10-6-8-11(9-7-10)22(20,21)13-5-3-4-12-14(13)16(19)17(2)15(12)18/h3-9H,1-2H3. The van der Waals surface area contributed by atoms with Crippen LogP contribution in [0, 0.1) is 6.92 Å². The van der Waals surface area contributed by atoms with Crippen LogP contribution in [0.3, 0.4) is 0 Å². The number of imide groups is 1. The monoisotopic (exact) mass is 315 g/mol. The lowest BCUT2D eigenvalue weighted by atomic mass is 10.1. The van der Waals surface area contributed by atoms with Gasteiger partial charge in [0.15, 0.2) is 0 Å². The maximum atomic E-state index is 12.8. The van der Waals surface area contributed by atoms with Crippen LogP contribution in [-0.2, 0) is 9.84 Å². The van der Waals surface area contributed by atoms with Crippen LogP contribution in [0.15, 0.2) is 52.3 Å². The van der Waals surface area contributed by atoms with E-state index in [1.54, 1.807) is 12.1 Å². The van der Waals surface area contributed by atoms with Crippen molar-refractivity contribution in [2.45, 2.75) is 16.7 Å². The topological polar surface area (TPSA) is 71.5 Å². The van der Waals surface area contributed by atoms with Crippen LogP contribution in [0.25, 0.3) is 0 Å². The third-order valence-corrected chi connectivity index (χ3v) is 5.51. The van der Waals surface area contributed by atoms with E-state index in [1.165, 1.54) is 37.4 Å². The summed E-state index contributed by atoms with van der Waals surface area (Å²) in [4.78, 5) is 25.1. The van der Waals surface area contributed by atoms with Crippen molar-refractivity contribution in [3.05, 3.63) is 59.2 Å². The van der Waals surface area contributed by atoms with Gasteiger partial charge in [-0.15, -0.1) is 0 Å². The maximum absolute atomic E-state index is 12.8. The molecule has 2 aromatic rings. The van der Waals surface area contributed by atoms with Crippen molar-refractivity contribution in [2.75, 3.05) is 7.05 Å². The Labute approximate surface area is 128 Å². The van der Waals surface area contributed by atoms with Gasteiger partial charge in [-0.3, -0.25) is 14.5 Å². The van der Waals surface area contributed by atoms with Crippen LogP contribution in [0.2, 0.25) is 0 Å². The molecule has 0 aromatic heterocycles. The predicted molar refractivity (Wildman–Crippen MR) is 79.5 cm³/mol. The maximum Gasteiger partial charge on any atom is 0.262 e. The first-order valence-electron chi connectivity index (χ1n) is 6.61. The molecule has 2 aromatic carbocycles. The molecule has 0 saturated heterocycles. The fraction of sp³-hybridized carbons (Fsp3) is 0.125. The molecule has 3 rings (SSSR count). The summed E-state index contributed by atoms with van der Waals surface area (Å²) in [6.07, 6.45) is 0. The average molecular weight is 315 g/mol. The van der Waals surface area contributed by atoms with Crippen molar-refractivity contribution >= 4 is 21.7 Å². The van der Waals surface area contributed by atoms with Gasteiger partial charge >= 0.3 is 0 Å². The molecule has 1 heterocycles. The number of rotatable bonds is 2. The highest BCUT2D eigenvalue weighted by molar-refractivity contribution is 7.91. The molecule has 1 aliphatic rings. The van der Waals surface area contributed by atoms with Crippen LogP contribution in [0.1, 0.15) is 26.3 Å². The van der Waals surface area contributed by atoms with Gasteiger partial charge in [-0.1, -0.05) is 23.8 Å². The highest BCUT2D eigenvalue weighted by Gasteiger charge is 2.38. The molecular formula is C16H13NO4S. The highest BCUT2D eigenvalue weighted by Crippen LogP contribution is 2.31. The van der Waals surface area contributed by atoms with Crippen molar-refractivity contribution in [1.29, 1.82) is 0 Å². The number of carbonyl (C=O) groups excluding carboxylic acids is 2. The van der Waals surface area contributed by atoms with Gasteiger partial charge in [-0.25, -0.2) is 8.42 Å². The second kappa shape index (κ2) is 4.78. The number of amides is 2. The first kappa shape index (κ1) is 14.5. The molecule has 0 unspecified atom stereocenters. The summed E-state index contributed by atoms with van der Waals surface area (Å²) < 4.78 is 25.6. The van der Waals surface area contributed by atoms with Crippen molar-refractivity contribution in [2.24, 2.45) is 0 Å². The van der Waals surface area contributed by atoms with E-state index in [0.29, 0.717) is 0 Å². The van der Waals surface area contributed by atoms with Gasteiger partial charge in [0.25, 0.3) is 11.8 Å². The van der Waals surface area contributed by atoms with Gasteiger partial charge in [0.1, 0.15) is 0 Å². The lowest BCUT2D eigenvalue weighted by Gasteiger charge is -2.08. The summed E-state index contributed by atoms with van der Waals surface area (Å²) in [6, 6.07) is 10.7. The zero-order valence-corrected chi connectivity index (χ0v) is 12.8. The predicted octanol–water partition coefficient (Wildman–Crippen LogP) is 2.05. The molecule has 2 amide bonds. The minimum absolute atomic E-state index is 0.0458. The Balaban J connectivity index is 2.25. The van der Waals surface area contributed by atoms with E-state index >= 15 is 0 Å². The minimum Gasteiger partial charge on any atom is -0.277 e. The molecule has 0 aliphatic carbocycles. The van der Waals surface area contributed by atoms with Crippen molar-refractivity contribution in [1.82, 2.24) is 4.90 Å². The molecule has 22 heavy (non-hydrogen) atoms.